The van der Waals surface area contributed by atoms with Crippen LogP contribution in [0.3, 0.4) is 0 Å². The third-order valence-corrected chi connectivity index (χ3v) is 2.28. The summed E-state index contributed by atoms with van der Waals surface area (Å²) >= 11 is 0. The molecule has 8 heteroatoms. The smallest absolute Gasteiger partial charge is 0.469 e. The molecule has 0 fully saturated rings. The number of phosphoric ester groups is 1. The van der Waals surface area contributed by atoms with Crippen LogP contribution in [-0.4, -0.2) is 26.2 Å². The van der Waals surface area contributed by atoms with Crippen LogP contribution >= 0.6 is 7.82 Å². The molecule has 1 aromatic heterocycles. The molecule has 1 heterocycles. The zero-order valence-corrected chi connectivity index (χ0v) is 9.29. The standard InChI is InChI=1S/C9H8NO6P/c1-2-8-9(12)7(4-11)6(3-10-8)5-16-17(13,14)15/h1,3-4,12H,5H2,(H2,13,14,15). The van der Waals surface area contributed by atoms with Crippen LogP contribution in [0.2, 0.25) is 0 Å². The molecule has 0 bridgehead atoms. The lowest BCUT2D eigenvalue weighted by Crippen LogP contribution is -2.00. The van der Waals surface area contributed by atoms with Crippen molar-refractivity contribution in [3.63, 3.8) is 0 Å². The highest BCUT2D eigenvalue weighted by molar-refractivity contribution is 7.46. The molecule has 0 atom stereocenters. The van der Waals surface area contributed by atoms with Gasteiger partial charge in [0.25, 0.3) is 0 Å². The molecule has 0 unspecified atom stereocenters. The van der Waals surface area contributed by atoms with Gasteiger partial charge >= 0.3 is 7.82 Å². The molecule has 0 saturated heterocycles. The zero-order valence-electron chi connectivity index (χ0n) is 8.40. The van der Waals surface area contributed by atoms with Crippen molar-refractivity contribution < 1.29 is 28.8 Å². The van der Waals surface area contributed by atoms with Gasteiger partial charge in [-0.1, -0.05) is 0 Å². The molecule has 1 aromatic rings. The van der Waals surface area contributed by atoms with E-state index in [0.717, 1.165) is 6.20 Å². The SMILES string of the molecule is C#Cc1ncc(COP(=O)(O)O)c(C=O)c1O. The number of phosphoric acid groups is 1. The largest absolute Gasteiger partial charge is 0.504 e. The molecule has 3 N–H and O–H groups in total. The summed E-state index contributed by atoms with van der Waals surface area (Å²) in [5, 5.41) is 9.51. The monoisotopic (exact) mass is 257 g/mol. The lowest BCUT2D eigenvalue weighted by Gasteiger charge is -2.08. The molecule has 0 aromatic carbocycles. The molecule has 1 rings (SSSR count). The van der Waals surface area contributed by atoms with Gasteiger partial charge < -0.3 is 14.9 Å². The molecule has 0 radical (unpaired) electrons. The van der Waals surface area contributed by atoms with Gasteiger partial charge in [0.2, 0.25) is 0 Å². The Hall–Kier alpha value is -1.71. The van der Waals surface area contributed by atoms with E-state index in [0.29, 0.717) is 6.29 Å². The van der Waals surface area contributed by atoms with Crippen LogP contribution in [0, 0.1) is 12.3 Å². The number of aromatic hydroxyl groups is 1. The van der Waals surface area contributed by atoms with Crippen LogP contribution < -0.4 is 0 Å². The summed E-state index contributed by atoms with van der Waals surface area (Å²) in [5.74, 6) is 1.54. The van der Waals surface area contributed by atoms with Gasteiger partial charge in [0.05, 0.1) is 12.2 Å². The lowest BCUT2D eigenvalue weighted by molar-refractivity contribution is 0.111. The number of pyridine rings is 1. The predicted octanol–water partition coefficient (Wildman–Crippen LogP) is 0.190. The van der Waals surface area contributed by atoms with E-state index in [-0.39, 0.29) is 16.8 Å². The maximum atomic E-state index is 10.7. The van der Waals surface area contributed by atoms with Crippen molar-refractivity contribution in [2.75, 3.05) is 0 Å². The Kier molecular flexibility index (Phi) is 3.99. The number of aromatic nitrogens is 1. The van der Waals surface area contributed by atoms with Crippen molar-refractivity contribution >= 4 is 14.1 Å². The van der Waals surface area contributed by atoms with E-state index in [2.05, 4.69) is 15.4 Å². The van der Waals surface area contributed by atoms with Gasteiger partial charge in [-0.05, 0) is 5.92 Å². The molecule has 0 aliphatic rings. The van der Waals surface area contributed by atoms with Crippen LogP contribution in [-0.2, 0) is 15.7 Å². The van der Waals surface area contributed by atoms with Gasteiger partial charge in [0, 0.05) is 11.8 Å². The molecule has 0 aliphatic carbocycles. The van der Waals surface area contributed by atoms with E-state index >= 15 is 0 Å². The van der Waals surface area contributed by atoms with Crippen molar-refractivity contribution in [1.29, 1.82) is 0 Å². The third kappa shape index (κ3) is 3.37. The number of nitrogens with zero attached hydrogens (tertiary/aromatic N) is 1. The fourth-order valence-corrected chi connectivity index (χ4v) is 1.37. The van der Waals surface area contributed by atoms with E-state index in [4.69, 9.17) is 16.2 Å². The Bertz CT molecular complexity index is 529. The highest BCUT2D eigenvalue weighted by Gasteiger charge is 2.18. The predicted molar refractivity (Wildman–Crippen MR) is 56.1 cm³/mol. The van der Waals surface area contributed by atoms with E-state index in [1.165, 1.54) is 0 Å². The topological polar surface area (TPSA) is 117 Å². The average molecular weight is 257 g/mol. The molecule has 0 saturated carbocycles. The lowest BCUT2D eigenvalue weighted by atomic mass is 10.1. The summed E-state index contributed by atoms with van der Waals surface area (Å²) in [5.41, 5.74) is -0.312. The quantitative estimate of drug-likeness (QED) is 0.400. The first kappa shape index (κ1) is 13.4. The Morgan fingerprint density at radius 1 is 1.59 bits per heavy atom. The van der Waals surface area contributed by atoms with Crippen LogP contribution in [0.15, 0.2) is 6.20 Å². The Balaban J connectivity index is 3.10. The van der Waals surface area contributed by atoms with Crippen LogP contribution in [0.1, 0.15) is 21.6 Å². The van der Waals surface area contributed by atoms with Crippen LogP contribution in [0.25, 0.3) is 0 Å². The summed E-state index contributed by atoms with van der Waals surface area (Å²) in [6.45, 7) is -0.566. The number of hydrogen-bond donors (Lipinski definition) is 3. The molecule has 0 amide bonds. The van der Waals surface area contributed by atoms with Gasteiger partial charge in [-0.15, -0.1) is 6.42 Å². The normalized spacial score (nSPS) is 10.9. The molecular weight excluding hydrogens is 249 g/mol. The highest BCUT2D eigenvalue weighted by Crippen LogP contribution is 2.37. The zero-order chi connectivity index (χ0) is 13.1. The second-order valence-corrected chi connectivity index (χ2v) is 4.16. The fourth-order valence-electron chi connectivity index (χ4n) is 1.06. The minimum atomic E-state index is -4.66. The highest BCUT2D eigenvalue weighted by atomic mass is 31.2. The number of aldehydes is 1. The molecule has 0 spiro atoms. The molecule has 90 valence electrons. The Morgan fingerprint density at radius 3 is 2.71 bits per heavy atom. The summed E-state index contributed by atoms with van der Waals surface area (Å²) < 4.78 is 14.7. The minimum Gasteiger partial charge on any atom is -0.504 e. The van der Waals surface area contributed by atoms with Crippen molar-refractivity contribution in [2.45, 2.75) is 6.61 Å². The van der Waals surface area contributed by atoms with E-state index in [1.807, 2.05) is 0 Å². The number of carbonyl (C=O) groups excluding carboxylic acids is 1. The van der Waals surface area contributed by atoms with E-state index in [1.54, 1.807) is 0 Å². The van der Waals surface area contributed by atoms with Crippen molar-refractivity contribution in [2.24, 2.45) is 0 Å². The second-order valence-electron chi connectivity index (χ2n) is 2.92. The summed E-state index contributed by atoms with van der Waals surface area (Å²) in [4.78, 5) is 31.4. The first-order valence-electron chi connectivity index (χ1n) is 4.21. The summed E-state index contributed by atoms with van der Waals surface area (Å²) in [6, 6.07) is 0. The van der Waals surface area contributed by atoms with Gasteiger partial charge in [0.15, 0.2) is 17.7 Å². The van der Waals surface area contributed by atoms with E-state index < -0.39 is 20.2 Å². The van der Waals surface area contributed by atoms with Crippen molar-refractivity contribution in [3.05, 3.63) is 23.0 Å². The van der Waals surface area contributed by atoms with Gasteiger partial charge in [0.1, 0.15) is 0 Å². The number of terminal acetylenes is 1. The first-order chi connectivity index (χ1) is 7.89. The van der Waals surface area contributed by atoms with Gasteiger partial charge in [-0.2, -0.15) is 0 Å². The summed E-state index contributed by atoms with van der Waals surface area (Å²) in [7, 11) is -4.66. The first-order valence-corrected chi connectivity index (χ1v) is 5.74. The fraction of sp³-hybridized carbons (Fsp3) is 0.111. The molecule has 0 aliphatic heterocycles. The number of carbonyl (C=O) groups is 1. The Morgan fingerprint density at radius 2 is 2.24 bits per heavy atom. The third-order valence-electron chi connectivity index (χ3n) is 1.82. The molecule has 7 nitrogen and oxygen atoms in total. The van der Waals surface area contributed by atoms with Crippen LogP contribution in [0.5, 0.6) is 5.75 Å². The molecular formula is C9H8NO6P. The van der Waals surface area contributed by atoms with Gasteiger partial charge in [-0.3, -0.25) is 9.32 Å². The maximum absolute atomic E-state index is 10.7. The average Bonchev–Trinajstić information content (AvgIpc) is 2.25. The van der Waals surface area contributed by atoms with Crippen molar-refractivity contribution in [1.82, 2.24) is 4.98 Å². The van der Waals surface area contributed by atoms with Gasteiger partial charge in [-0.25, -0.2) is 9.55 Å². The molecule has 17 heavy (non-hydrogen) atoms. The van der Waals surface area contributed by atoms with E-state index in [9.17, 15) is 14.5 Å². The Labute approximate surface area is 96.3 Å². The van der Waals surface area contributed by atoms with Crippen LogP contribution in [0.4, 0.5) is 0 Å². The second kappa shape index (κ2) is 5.08. The minimum absolute atomic E-state index is 0.0276. The number of hydrogen-bond acceptors (Lipinski definition) is 5. The van der Waals surface area contributed by atoms with Crippen molar-refractivity contribution in [3.8, 4) is 18.1 Å². The maximum Gasteiger partial charge on any atom is 0.469 e. The number of rotatable bonds is 4. The summed E-state index contributed by atoms with van der Waals surface area (Å²) in [6.07, 6.45) is 6.43.